The molecule has 0 saturated carbocycles. The molecule has 2 aliphatic carbocycles. The number of phenols is 2. The summed E-state index contributed by atoms with van der Waals surface area (Å²) >= 11 is 0. The molecule has 6 atom stereocenters. The van der Waals surface area contributed by atoms with E-state index < -0.39 is 82.6 Å². The highest BCUT2D eigenvalue weighted by Gasteiger charge is 2.49. The first kappa shape index (κ1) is 28.9. The van der Waals surface area contributed by atoms with Gasteiger partial charge in [0.15, 0.2) is 17.9 Å². The number of ether oxygens (including phenoxy) is 3. The lowest BCUT2D eigenvalue weighted by molar-refractivity contribution is -0.247. The van der Waals surface area contributed by atoms with Crippen LogP contribution in [0.5, 0.6) is 17.2 Å². The summed E-state index contributed by atoms with van der Waals surface area (Å²) in [5.41, 5.74) is 2.97. The van der Waals surface area contributed by atoms with E-state index in [1.807, 2.05) is 0 Å². The lowest BCUT2D eigenvalue weighted by Crippen LogP contribution is -2.52. The number of rotatable bonds is 4. The van der Waals surface area contributed by atoms with Crippen molar-refractivity contribution in [3.05, 3.63) is 51.6 Å². The number of nitrogens with two attached hydrogens (primary N) is 1. The van der Waals surface area contributed by atoms with Gasteiger partial charge in [-0.15, -0.1) is 12.4 Å². The molecule has 0 amide bonds. The van der Waals surface area contributed by atoms with E-state index in [0.29, 0.717) is 0 Å². The molecular weight excluding hydrogens is 534 g/mol. The van der Waals surface area contributed by atoms with Gasteiger partial charge >= 0.3 is 0 Å². The SMILES string of the molecule is COc1cccc2c1C(=O)c1c(O)c3c(c(O)c1C2=O)CC(O)(C(C)=O)CC3O[C@H]1C[C@H](N)[C@H](O)[C@H](C)O1.Cl. The van der Waals surface area contributed by atoms with Crippen LogP contribution in [0, 0.1) is 0 Å². The third-order valence-corrected chi connectivity index (χ3v) is 7.80. The van der Waals surface area contributed by atoms with Crippen molar-refractivity contribution in [1.82, 2.24) is 0 Å². The van der Waals surface area contributed by atoms with Gasteiger partial charge < -0.3 is 40.4 Å². The number of carbonyl (C=O) groups is 3. The van der Waals surface area contributed by atoms with Crippen molar-refractivity contribution in [2.75, 3.05) is 7.11 Å². The maximum atomic E-state index is 13.6. The summed E-state index contributed by atoms with van der Waals surface area (Å²) in [6.45, 7) is 2.79. The summed E-state index contributed by atoms with van der Waals surface area (Å²) in [6.07, 6.45) is -4.53. The van der Waals surface area contributed by atoms with Crippen molar-refractivity contribution in [2.45, 2.75) is 69.4 Å². The number of halogens is 1. The van der Waals surface area contributed by atoms with Gasteiger partial charge in [0.1, 0.15) is 22.8 Å². The zero-order valence-electron chi connectivity index (χ0n) is 21.5. The highest BCUT2D eigenvalue weighted by Crippen LogP contribution is 2.52. The minimum Gasteiger partial charge on any atom is -0.507 e. The summed E-state index contributed by atoms with van der Waals surface area (Å²) < 4.78 is 17.1. The van der Waals surface area contributed by atoms with E-state index >= 15 is 0 Å². The van der Waals surface area contributed by atoms with Gasteiger partial charge in [0, 0.05) is 42.0 Å². The van der Waals surface area contributed by atoms with E-state index in [2.05, 4.69) is 0 Å². The first-order chi connectivity index (χ1) is 17.9. The Labute approximate surface area is 229 Å². The number of ketones is 3. The summed E-state index contributed by atoms with van der Waals surface area (Å²) in [4.78, 5) is 39.6. The Morgan fingerprint density at radius 2 is 1.79 bits per heavy atom. The largest absolute Gasteiger partial charge is 0.507 e. The number of aliphatic hydroxyl groups is 2. The van der Waals surface area contributed by atoms with Gasteiger partial charge in [0.05, 0.1) is 42.1 Å². The van der Waals surface area contributed by atoms with Crippen molar-refractivity contribution in [3.8, 4) is 17.2 Å². The normalized spacial score (nSPS) is 29.5. The highest BCUT2D eigenvalue weighted by molar-refractivity contribution is 6.31. The molecule has 3 aliphatic rings. The number of hydrogen-bond acceptors (Lipinski definition) is 11. The van der Waals surface area contributed by atoms with Crippen LogP contribution in [-0.2, 0) is 20.7 Å². The second kappa shape index (κ2) is 10.2. The third kappa shape index (κ3) is 4.39. The van der Waals surface area contributed by atoms with Crippen LogP contribution in [0.3, 0.4) is 0 Å². The molecular formula is C27H30ClNO10. The molecule has 0 aromatic heterocycles. The fourth-order valence-corrected chi connectivity index (χ4v) is 5.66. The summed E-state index contributed by atoms with van der Waals surface area (Å²) in [7, 11) is 1.34. The van der Waals surface area contributed by atoms with E-state index in [4.69, 9.17) is 19.9 Å². The maximum Gasteiger partial charge on any atom is 0.202 e. The Bertz CT molecular complexity index is 1370. The monoisotopic (exact) mass is 563 g/mol. The van der Waals surface area contributed by atoms with Gasteiger partial charge in [-0.1, -0.05) is 12.1 Å². The minimum atomic E-state index is -2.00. The van der Waals surface area contributed by atoms with Crippen molar-refractivity contribution in [1.29, 1.82) is 0 Å². The lowest BCUT2D eigenvalue weighted by Gasteiger charge is -2.42. The molecule has 0 radical (unpaired) electrons. The number of aliphatic hydroxyl groups excluding tert-OH is 1. The second-order valence-corrected chi connectivity index (χ2v) is 10.1. The molecule has 1 fully saturated rings. The van der Waals surface area contributed by atoms with Crippen LogP contribution < -0.4 is 10.5 Å². The molecule has 2 aromatic carbocycles. The Morgan fingerprint density at radius 3 is 2.41 bits per heavy atom. The van der Waals surface area contributed by atoms with E-state index in [9.17, 15) is 34.8 Å². The quantitative estimate of drug-likeness (QED) is 0.289. The molecule has 1 saturated heterocycles. The maximum absolute atomic E-state index is 13.6. The number of aromatic hydroxyl groups is 2. The molecule has 6 N–H and O–H groups in total. The van der Waals surface area contributed by atoms with E-state index in [-0.39, 0.29) is 53.3 Å². The van der Waals surface area contributed by atoms with Crippen molar-refractivity contribution in [2.24, 2.45) is 5.73 Å². The molecule has 1 aliphatic heterocycles. The standard InChI is InChI=1S/C27H29NO10.ClH/c1-10-22(30)14(28)7-17(37-10)38-16-9-27(35,11(2)29)8-13-19(16)26(34)21-20(24(13)32)23(31)12-5-4-6-15(36-3)18(12)25(21)33;/h4-6,10,14,16-17,22,30,32,34-35H,7-9,28H2,1-3H3;1H/t10-,14-,16?,17-,22+,27?;/m0./s1. The number of carbonyl (C=O) groups excluding carboxylic acids is 3. The van der Waals surface area contributed by atoms with Crippen LogP contribution in [0.2, 0.25) is 0 Å². The number of fused-ring (bicyclic) bond motifs is 3. The van der Waals surface area contributed by atoms with Crippen LogP contribution in [0.4, 0.5) is 0 Å². The van der Waals surface area contributed by atoms with Gasteiger partial charge in [-0.3, -0.25) is 14.4 Å². The molecule has 1 heterocycles. The van der Waals surface area contributed by atoms with Crippen molar-refractivity contribution < 1.29 is 49.0 Å². The fourth-order valence-electron chi connectivity index (χ4n) is 5.66. The predicted octanol–water partition coefficient (Wildman–Crippen LogP) is 1.45. The predicted molar refractivity (Wildman–Crippen MR) is 138 cm³/mol. The zero-order valence-corrected chi connectivity index (χ0v) is 22.3. The summed E-state index contributed by atoms with van der Waals surface area (Å²) in [6, 6.07) is 3.75. The van der Waals surface area contributed by atoms with Crippen molar-refractivity contribution in [3.63, 3.8) is 0 Å². The zero-order chi connectivity index (χ0) is 27.7. The third-order valence-electron chi connectivity index (χ3n) is 7.80. The first-order valence-electron chi connectivity index (χ1n) is 12.2. The Kier molecular flexibility index (Phi) is 7.54. The lowest BCUT2D eigenvalue weighted by atomic mass is 9.72. The molecule has 0 spiro atoms. The smallest absolute Gasteiger partial charge is 0.202 e. The second-order valence-electron chi connectivity index (χ2n) is 10.1. The average Bonchev–Trinajstić information content (AvgIpc) is 2.87. The highest BCUT2D eigenvalue weighted by atomic mass is 35.5. The molecule has 11 nitrogen and oxygen atoms in total. The van der Waals surface area contributed by atoms with Gasteiger partial charge in [-0.05, 0) is 19.9 Å². The Balaban J connectivity index is 0.00000353. The Hall–Kier alpha value is -3.06. The number of benzene rings is 2. The molecule has 5 rings (SSSR count). The minimum absolute atomic E-state index is 0. The summed E-state index contributed by atoms with van der Waals surface area (Å²) in [5.74, 6) is -3.18. The fraction of sp³-hybridized carbons (Fsp3) is 0.444. The Morgan fingerprint density at radius 1 is 1.13 bits per heavy atom. The average molecular weight is 564 g/mol. The molecule has 210 valence electrons. The molecule has 2 unspecified atom stereocenters. The van der Waals surface area contributed by atoms with Crippen molar-refractivity contribution >= 4 is 29.8 Å². The van der Waals surface area contributed by atoms with Crippen LogP contribution in [0.15, 0.2) is 18.2 Å². The molecule has 2 aromatic rings. The van der Waals surface area contributed by atoms with Crippen LogP contribution in [-0.4, -0.2) is 75.0 Å². The van der Waals surface area contributed by atoms with Gasteiger partial charge in [0.2, 0.25) is 5.78 Å². The van der Waals surface area contributed by atoms with Gasteiger partial charge in [-0.2, -0.15) is 0 Å². The molecule has 39 heavy (non-hydrogen) atoms. The molecule has 12 heteroatoms. The number of hydrogen-bond donors (Lipinski definition) is 5. The first-order valence-corrected chi connectivity index (χ1v) is 12.2. The van der Waals surface area contributed by atoms with Gasteiger partial charge in [-0.25, -0.2) is 0 Å². The summed E-state index contributed by atoms with van der Waals surface area (Å²) in [5, 5.41) is 44.1. The van der Waals surface area contributed by atoms with E-state index in [1.54, 1.807) is 6.92 Å². The van der Waals surface area contributed by atoms with Gasteiger partial charge in [0.25, 0.3) is 0 Å². The van der Waals surface area contributed by atoms with Crippen LogP contribution in [0.1, 0.15) is 75.8 Å². The number of Topliss-reactive ketones (excluding diaryl/α,β-unsaturated/α-hetero) is 1. The molecule has 0 bridgehead atoms. The van der Waals surface area contributed by atoms with Crippen LogP contribution >= 0.6 is 12.4 Å². The topological polar surface area (TPSA) is 186 Å². The van der Waals surface area contributed by atoms with E-state index in [0.717, 1.165) is 0 Å². The van der Waals surface area contributed by atoms with Crippen LogP contribution in [0.25, 0.3) is 0 Å². The van der Waals surface area contributed by atoms with E-state index in [1.165, 1.54) is 32.2 Å². The number of phenolic OH excluding ortho intramolecular Hbond substituents is 2. The number of methoxy groups -OCH3 is 1.